The Hall–Kier alpha value is -2.48. The Morgan fingerprint density at radius 3 is 3.00 bits per heavy atom. The number of fused-ring (bicyclic) bond motifs is 1. The van der Waals surface area contributed by atoms with Gasteiger partial charge in [-0.2, -0.15) is 0 Å². The molecule has 0 aromatic carbocycles. The highest BCUT2D eigenvalue weighted by Gasteiger charge is 2.52. The topological polar surface area (TPSA) is 88.6 Å². The van der Waals surface area contributed by atoms with Gasteiger partial charge in [-0.05, 0) is 17.7 Å². The zero-order chi connectivity index (χ0) is 19.2. The number of β-lactam (4-membered cyclic amide) rings is 1. The second kappa shape index (κ2) is 8.94. The molecule has 0 spiro atoms. The molecule has 1 N–H and O–H groups in total. The van der Waals surface area contributed by atoms with E-state index in [1.54, 1.807) is 46.8 Å². The average molecular weight is 403 g/mol. The van der Waals surface area contributed by atoms with E-state index in [4.69, 9.17) is 4.74 Å². The second-order valence-electron chi connectivity index (χ2n) is 5.64. The number of hydrogen-bond donors (Lipinski definition) is 1. The third kappa shape index (κ3) is 4.27. The molecule has 140 valence electrons. The number of rotatable bonds is 7. The van der Waals surface area contributed by atoms with Gasteiger partial charge in [0.2, 0.25) is 0 Å². The average Bonchev–Trinajstić information content (AvgIpc) is 2.70. The van der Waals surface area contributed by atoms with Gasteiger partial charge in [0.15, 0.2) is 0 Å². The van der Waals surface area contributed by atoms with E-state index in [9.17, 15) is 14.4 Å². The summed E-state index contributed by atoms with van der Waals surface area (Å²) in [7, 11) is 0. The Morgan fingerprint density at radius 2 is 2.30 bits per heavy atom. The van der Waals surface area contributed by atoms with E-state index in [0.717, 1.165) is 10.5 Å². The first-order valence-corrected chi connectivity index (χ1v) is 10.1. The summed E-state index contributed by atoms with van der Waals surface area (Å²) in [6.07, 6.45) is 5.51. The number of nitrogens with zero attached hydrogens (tertiary/aromatic N) is 2. The van der Waals surface area contributed by atoms with Gasteiger partial charge in [0.05, 0.1) is 5.70 Å². The van der Waals surface area contributed by atoms with E-state index >= 15 is 0 Å². The number of ether oxygens (including phenoxy) is 1. The molecule has 0 radical (unpaired) electrons. The number of alkyl carbamates (subject to hydrolysis) is 1. The zero-order valence-corrected chi connectivity index (χ0v) is 15.9. The summed E-state index contributed by atoms with van der Waals surface area (Å²) < 4.78 is 4.87. The predicted molar refractivity (Wildman–Crippen MR) is 104 cm³/mol. The van der Waals surface area contributed by atoms with Crippen LogP contribution in [0.15, 0.2) is 59.4 Å². The molecule has 0 bridgehead atoms. The van der Waals surface area contributed by atoms with Crippen LogP contribution in [-0.2, 0) is 14.3 Å². The highest BCUT2D eigenvalue weighted by molar-refractivity contribution is 8.01. The van der Waals surface area contributed by atoms with Gasteiger partial charge in [-0.25, -0.2) is 9.59 Å². The molecule has 2 aliphatic heterocycles. The molecule has 1 aromatic rings. The van der Waals surface area contributed by atoms with Gasteiger partial charge in [0.1, 0.15) is 24.0 Å². The fraction of sp³-hybridized carbons (Fsp3) is 0.278. The normalized spacial score (nSPS) is 20.9. The molecule has 1 saturated heterocycles. The van der Waals surface area contributed by atoms with Crippen LogP contribution in [0, 0.1) is 0 Å². The first kappa shape index (κ1) is 19.3. The molecule has 0 saturated carbocycles. The van der Waals surface area contributed by atoms with E-state index in [0.29, 0.717) is 17.2 Å². The monoisotopic (exact) mass is 403 g/mol. The van der Waals surface area contributed by atoms with Gasteiger partial charge >= 0.3 is 6.09 Å². The maximum absolute atomic E-state index is 12.5. The summed E-state index contributed by atoms with van der Waals surface area (Å²) in [6, 6.07) is 3.14. The number of aromatic nitrogens is 1. The standard InChI is InChI=1S/C18H17N3O4S2/c1-2-9-25-18(24)20-15-16(23)21-14(5-8-22)12(11-27-17(15)21)10-26-13-3-6-19-7-4-13/h2-7,15,17H,1,9-11H2,(H,20,24). The quantitative estimate of drug-likeness (QED) is 0.322. The number of pyridine rings is 1. The van der Waals surface area contributed by atoms with Gasteiger partial charge in [-0.1, -0.05) is 12.7 Å². The first-order valence-electron chi connectivity index (χ1n) is 8.10. The minimum absolute atomic E-state index is 0.0731. The van der Waals surface area contributed by atoms with Crippen molar-refractivity contribution in [3.63, 3.8) is 0 Å². The second-order valence-corrected chi connectivity index (χ2v) is 7.80. The molecule has 2 atom stereocenters. The molecule has 7 nitrogen and oxygen atoms in total. The molecule has 0 aliphatic carbocycles. The molecular weight excluding hydrogens is 386 g/mol. The van der Waals surface area contributed by atoms with Crippen molar-refractivity contribution < 1.29 is 19.1 Å². The van der Waals surface area contributed by atoms with Crippen LogP contribution in [-0.4, -0.2) is 57.4 Å². The van der Waals surface area contributed by atoms with Gasteiger partial charge in [0, 0.05) is 34.9 Å². The van der Waals surface area contributed by atoms with Gasteiger partial charge in [-0.3, -0.25) is 14.7 Å². The van der Waals surface area contributed by atoms with E-state index in [1.165, 1.54) is 12.2 Å². The maximum atomic E-state index is 12.5. The lowest BCUT2D eigenvalue weighted by molar-refractivity contribution is -0.142. The number of carbonyl (C=O) groups excluding carboxylic acids is 3. The number of carbonyl (C=O) groups is 2. The fourth-order valence-corrected chi connectivity index (χ4v) is 5.10. The minimum atomic E-state index is -0.670. The number of allylic oxidation sites excluding steroid dienone is 1. The molecule has 3 heterocycles. The van der Waals surface area contributed by atoms with Crippen molar-refractivity contribution in [1.29, 1.82) is 0 Å². The van der Waals surface area contributed by atoms with E-state index in [-0.39, 0.29) is 17.9 Å². The Labute approximate surface area is 164 Å². The van der Waals surface area contributed by atoms with Crippen molar-refractivity contribution in [2.45, 2.75) is 16.3 Å². The van der Waals surface area contributed by atoms with Crippen LogP contribution < -0.4 is 5.32 Å². The minimum Gasteiger partial charge on any atom is -0.445 e. The third-order valence-electron chi connectivity index (χ3n) is 3.96. The summed E-state index contributed by atoms with van der Waals surface area (Å²) in [5.74, 6) is 2.80. The van der Waals surface area contributed by atoms with Crippen LogP contribution in [0.3, 0.4) is 0 Å². The summed E-state index contributed by atoms with van der Waals surface area (Å²) in [5, 5.41) is 2.31. The van der Waals surface area contributed by atoms with Gasteiger partial charge in [-0.15, -0.1) is 23.5 Å². The Bertz CT molecular complexity index is 821. The summed E-state index contributed by atoms with van der Waals surface area (Å²) in [4.78, 5) is 41.8. The van der Waals surface area contributed by atoms with Crippen LogP contribution in [0.25, 0.3) is 0 Å². The maximum Gasteiger partial charge on any atom is 0.408 e. The highest BCUT2D eigenvalue weighted by atomic mass is 32.2. The molecule has 1 aromatic heterocycles. The van der Waals surface area contributed by atoms with E-state index in [2.05, 4.69) is 16.9 Å². The van der Waals surface area contributed by atoms with Crippen molar-refractivity contribution in [2.75, 3.05) is 18.1 Å². The molecule has 9 heteroatoms. The van der Waals surface area contributed by atoms with E-state index in [1.807, 2.05) is 12.1 Å². The number of hydrogen-bond acceptors (Lipinski definition) is 7. The van der Waals surface area contributed by atoms with Crippen LogP contribution in [0.1, 0.15) is 0 Å². The largest absolute Gasteiger partial charge is 0.445 e. The van der Waals surface area contributed by atoms with Crippen LogP contribution in [0.5, 0.6) is 0 Å². The van der Waals surface area contributed by atoms with Crippen molar-refractivity contribution in [3.05, 3.63) is 54.5 Å². The predicted octanol–water partition coefficient (Wildman–Crippen LogP) is 2.01. The summed E-state index contributed by atoms with van der Waals surface area (Å²) >= 11 is 3.15. The number of amides is 2. The molecule has 2 aliphatic rings. The van der Waals surface area contributed by atoms with Crippen LogP contribution >= 0.6 is 23.5 Å². The number of nitrogens with one attached hydrogen (secondary N) is 1. The Morgan fingerprint density at radius 1 is 1.52 bits per heavy atom. The zero-order valence-electron chi connectivity index (χ0n) is 14.3. The Kier molecular flexibility index (Phi) is 6.39. The van der Waals surface area contributed by atoms with Crippen molar-refractivity contribution in [1.82, 2.24) is 15.2 Å². The molecular formula is C18H17N3O4S2. The lowest BCUT2D eigenvalue weighted by Gasteiger charge is -2.49. The lowest BCUT2D eigenvalue weighted by atomic mass is 10.0. The summed E-state index contributed by atoms with van der Waals surface area (Å²) in [6.45, 7) is 3.54. The van der Waals surface area contributed by atoms with Gasteiger partial charge < -0.3 is 10.1 Å². The van der Waals surface area contributed by atoms with Crippen LogP contribution in [0.2, 0.25) is 0 Å². The SMILES string of the molecule is C=CCOC(=O)NC1C(=O)N2C(C=C=O)=C(CSc3ccncc3)CSC12. The molecule has 2 amide bonds. The Balaban J connectivity index is 1.70. The van der Waals surface area contributed by atoms with Crippen molar-refractivity contribution in [2.24, 2.45) is 0 Å². The molecule has 27 heavy (non-hydrogen) atoms. The first-order chi connectivity index (χ1) is 13.2. The molecule has 2 unspecified atom stereocenters. The molecule has 3 rings (SSSR count). The van der Waals surface area contributed by atoms with Crippen molar-refractivity contribution in [3.8, 4) is 0 Å². The number of thioether (sulfide) groups is 2. The summed E-state index contributed by atoms with van der Waals surface area (Å²) in [5.41, 5.74) is 1.54. The fourth-order valence-electron chi connectivity index (χ4n) is 2.71. The highest BCUT2D eigenvalue weighted by Crippen LogP contribution is 2.41. The lowest BCUT2D eigenvalue weighted by Crippen LogP contribution is -2.69. The van der Waals surface area contributed by atoms with E-state index < -0.39 is 12.1 Å². The van der Waals surface area contributed by atoms with Gasteiger partial charge in [0.25, 0.3) is 5.91 Å². The third-order valence-corrected chi connectivity index (χ3v) is 6.40. The smallest absolute Gasteiger partial charge is 0.408 e. The van der Waals surface area contributed by atoms with Crippen molar-refractivity contribution >= 4 is 41.5 Å². The van der Waals surface area contributed by atoms with Crippen LogP contribution in [0.4, 0.5) is 4.79 Å². The molecule has 1 fully saturated rings.